The number of aryl methyl sites for hydroxylation is 1. The highest BCUT2D eigenvalue weighted by Crippen LogP contribution is 2.43. The molecule has 0 radical (unpaired) electrons. The minimum Gasteiger partial charge on any atom is -0.467 e. The zero-order valence-electron chi connectivity index (χ0n) is 15.5. The molecule has 2 N–H and O–H groups in total. The summed E-state index contributed by atoms with van der Waals surface area (Å²) in [7, 11) is 0. The van der Waals surface area contributed by atoms with Crippen LogP contribution in [0.3, 0.4) is 0 Å². The van der Waals surface area contributed by atoms with E-state index in [1.807, 2.05) is 31.2 Å². The Morgan fingerprint density at radius 3 is 2.72 bits per heavy atom. The van der Waals surface area contributed by atoms with Crippen LogP contribution in [-0.4, -0.2) is 21.9 Å². The van der Waals surface area contributed by atoms with Gasteiger partial charge in [0, 0.05) is 19.0 Å². The maximum atomic E-state index is 13.6. The summed E-state index contributed by atoms with van der Waals surface area (Å²) < 4.78 is 47.0. The van der Waals surface area contributed by atoms with Gasteiger partial charge < -0.3 is 15.1 Å². The van der Waals surface area contributed by atoms with Crippen molar-refractivity contribution in [3.05, 3.63) is 71.3 Å². The lowest BCUT2D eigenvalue weighted by Crippen LogP contribution is -2.35. The van der Waals surface area contributed by atoms with Crippen molar-refractivity contribution in [1.29, 1.82) is 0 Å². The molecule has 2 aromatic heterocycles. The zero-order chi connectivity index (χ0) is 20.6. The fourth-order valence-electron chi connectivity index (χ4n) is 3.34. The van der Waals surface area contributed by atoms with Gasteiger partial charge in [-0.15, -0.1) is 0 Å². The molecular weight excluding hydrogens is 385 g/mol. The minimum atomic E-state index is -4.51. The number of rotatable bonds is 4. The first kappa shape index (κ1) is 19.1. The molecule has 0 saturated carbocycles. The molecule has 1 aromatic carbocycles. The maximum Gasteiger partial charge on any atom is 0.410 e. The normalized spacial score (nSPS) is 18.8. The van der Waals surface area contributed by atoms with Crippen LogP contribution in [-0.2, 0) is 6.54 Å². The summed E-state index contributed by atoms with van der Waals surface area (Å²) in [6.45, 7) is 2.21. The molecule has 29 heavy (non-hydrogen) atoms. The topological polar surface area (TPSA) is 72.1 Å². The summed E-state index contributed by atoms with van der Waals surface area (Å²) in [6.07, 6.45) is -3.38. The molecular formula is C20H19F3N4O2. The van der Waals surface area contributed by atoms with Crippen molar-refractivity contribution in [3.8, 4) is 0 Å². The van der Waals surface area contributed by atoms with Crippen LogP contribution in [0.2, 0.25) is 0 Å². The van der Waals surface area contributed by atoms with E-state index in [4.69, 9.17) is 4.42 Å². The van der Waals surface area contributed by atoms with Crippen LogP contribution in [0.25, 0.3) is 0 Å². The molecule has 0 saturated heterocycles. The van der Waals surface area contributed by atoms with E-state index in [2.05, 4.69) is 15.7 Å². The number of amides is 1. The van der Waals surface area contributed by atoms with Gasteiger partial charge in [0.15, 0.2) is 11.7 Å². The van der Waals surface area contributed by atoms with E-state index in [1.165, 1.54) is 12.3 Å². The van der Waals surface area contributed by atoms with E-state index in [0.29, 0.717) is 5.76 Å². The molecule has 9 heteroatoms. The highest BCUT2D eigenvalue weighted by Gasteiger charge is 2.47. The van der Waals surface area contributed by atoms with Crippen molar-refractivity contribution < 1.29 is 22.4 Å². The average Bonchev–Trinajstić information content (AvgIpc) is 3.35. The lowest BCUT2D eigenvalue weighted by atomic mass is 10.0. The first-order chi connectivity index (χ1) is 13.8. The van der Waals surface area contributed by atoms with Gasteiger partial charge in [-0.1, -0.05) is 29.8 Å². The molecule has 1 aliphatic rings. The largest absolute Gasteiger partial charge is 0.467 e. The van der Waals surface area contributed by atoms with Crippen molar-refractivity contribution >= 4 is 11.7 Å². The third-order valence-electron chi connectivity index (χ3n) is 4.88. The number of benzene rings is 1. The molecule has 0 aliphatic carbocycles. The number of hydrogen-bond donors (Lipinski definition) is 2. The summed E-state index contributed by atoms with van der Waals surface area (Å²) >= 11 is 0. The van der Waals surface area contributed by atoms with Gasteiger partial charge in [0.1, 0.15) is 11.6 Å². The van der Waals surface area contributed by atoms with Crippen LogP contribution >= 0.6 is 0 Å². The molecule has 0 fully saturated rings. The van der Waals surface area contributed by atoms with Crippen LogP contribution < -0.4 is 10.6 Å². The van der Waals surface area contributed by atoms with Crippen molar-refractivity contribution in [2.75, 3.05) is 5.32 Å². The Labute approximate surface area is 164 Å². The molecule has 3 heterocycles. The molecule has 3 aromatic rings. The number of carbonyl (C=O) groups is 1. The number of nitrogens with zero attached hydrogens (tertiary/aromatic N) is 2. The van der Waals surface area contributed by atoms with Crippen molar-refractivity contribution in [3.63, 3.8) is 0 Å². The second kappa shape index (κ2) is 7.31. The minimum absolute atomic E-state index is 0.0750. The first-order valence-corrected chi connectivity index (χ1v) is 9.11. The Balaban J connectivity index is 1.55. The quantitative estimate of drug-likeness (QED) is 0.677. The lowest BCUT2D eigenvalue weighted by Gasteiger charge is -2.32. The van der Waals surface area contributed by atoms with E-state index < -0.39 is 24.2 Å². The van der Waals surface area contributed by atoms with Gasteiger partial charge in [0.05, 0.1) is 12.3 Å². The number of anilines is 1. The second-order valence-electron chi connectivity index (χ2n) is 7.03. The Bertz CT molecular complexity index is 994. The molecule has 0 unspecified atom stereocenters. The second-order valence-corrected chi connectivity index (χ2v) is 7.03. The Morgan fingerprint density at radius 1 is 1.31 bits per heavy atom. The fraction of sp³-hybridized carbons (Fsp3) is 0.300. The van der Waals surface area contributed by atoms with Gasteiger partial charge in [0.25, 0.3) is 5.91 Å². The lowest BCUT2D eigenvalue weighted by molar-refractivity contribution is -0.174. The number of alkyl halides is 3. The van der Waals surface area contributed by atoms with E-state index in [1.54, 1.807) is 12.1 Å². The number of nitrogens with one attached hydrogen (secondary N) is 2. The molecule has 0 spiro atoms. The number of aromatic nitrogens is 2. The predicted molar refractivity (Wildman–Crippen MR) is 99.4 cm³/mol. The Kier molecular flexibility index (Phi) is 4.81. The van der Waals surface area contributed by atoms with Crippen molar-refractivity contribution in [2.45, 2.75) is 38.1 Å². The van der Waals surface area contributed by atoms with Crippen molar-refractivity contribution in [1.82, 2.24) is 15.1 Å². The zero-order valence-corrected chi connectivity index (χ0v) is 15.5. The SMILES string of the molecule is Cc1ccc(CNC(=O)c2cc3n(n2)[C@@H](C(F)(F)F)C[C@@H](c2ccco2)N3)cc1. The Hall–Kier alpha value is -3.23. The van der Waals surface area contributed by atoms with Crippen LogP contribution in [0.1, 0.15) is 45.9 Å². The highest BCUT2D eigenvalue weighted by atomic mass is 19.4. The summed E-state index contributed by atoms with van der Waals surface area (Å²) in [5.74, 6) is -0.0118. The molecule has 1 amide bonds. The van der Waals surface area contributed by atoms with Crippen molar-refractivity contribution in [2.24, 2.45) is 0 Å². The number of fused-ring (bicyclic) bond motifs is 1. The number of hydrogen-bond acceptors (Lipinski definition) is 4. The van der Waals surface area contributed by atoms with Gasteiger partial charge in [-0.3, -0.25) is 4.79 Å². The summed E-state index contributed by atoms with van der Waals surface area (Å²) in [5.41, 5.74) is 1.91. The number of halogens is 3. The van der Waals surface area contributed by atoms with E-state index in [-0.39, 0.29) is 24.5 Å². The Morgan fingerprint density at radius 2 is 2.07 bits per heavy atom. The van der Waals surface area contributed by atoms with Gasteiger partial charge in [-0.2, -0.15) is 18.3 Å². The molecule has 4 rings (SSSR count). The van der Waals surface area contributed by atoms with E-state index >= 15 is 0 Å². The number of furan rings is 1. The monoisotopic (exact) mass is 404 g/mol. The smallest absolute Gasteiger partial charge is 0.410 e. The average molecular weight is 404 g/mol. The van der Waals surface area contributed by atoms with Gasteiger partial charge in [-0.05, 0) is 24.6 Å². The number of carbonyl (C=O) groups excluding carboxylic acids is 1. The van der Waals surface area contributed by atoms with Gasteiger partial charge in [0.2, 0.25) is 0 Å². The standard InChI is InChI=1S/C20H19F3N4O2/c1-12-4-6-13(7-5-12)11-24-19(28)15-10-18-25-14(16-3-2-8-29-16)9-17(20(21,22)23)27(18)26-15/h2-8,10,14,17,25H,9,11H2,1H3,(H,24,28)/t14-,17+/m0/s1. The summed E-state index contributed by atoms with van der Waals surface area (Å²) in [4.78, 5) is 12.5. The first-order valence-electron chi connectivity index (χ1n) is 9.11. The third kappa shape index (κ3) is 3.98. The van der Waals surface area contributed by atoms with Crippen LogP contribution in [0.15, 0.2) is 53.1 Å². The van der Waals surface area contributed by atoms with E-state index in [9.17, 15) is 18.0 Å². The van der Waals surface area contributed by atoms with Crippen LogP contribution in [0.4, 0.5) is 19.0 Å². The van der Waals surface area contributed by atoms with Crippen LogP contribution in [0.5, 0.6) is 0 Å². The molecule has 6 nitrogen and oxygen atoms in total. The predicted octanol–water partition coefficient (Wildman–Crippen LogP) is 4.37. The van der Waals surface area contributed by atoms with Gasteiger partial charge in [-0.25, -0.2) is 4.68 Å². The molecule has 2 atom stereocenters. The van der Waals surface area contributed by atoms with Gasteiger partial charge >= 0.3 is 6.18 Å². The molecule has 152 valence electrons. The third-order valence-corrected chi connectivity index (χ3v) is 4.88. The summed E-state index contributed by atoms with van der Waals surface area (Å²) in [5, 5.41) is 9.61. The molecule has 0 bridgehead atoms. The summed E-state index contributed by atoms with van der Waals surface area (Å²) in [6, 6.07) is 9.65. The van der Waals surface area contributed by atoms with Crippen LogP contribution in [0, 0.1) is 6.92 Å². The highest BCUT2D eigenvalue weighted by molar-refractivity contribution is 5.93. The molecule has 1 aliphatic heterocycles. The maximum absolute atomic E-state index is 13.6. The van der Waals surface area contributed by atoms with E-state index in [0.717, 1.165) is 15.8 Å². The fourth-order valence-corrected chi connectivity index (χ4v) is 3.34.